The number of ketones is 1. The number of benzene rings is 1. The molecule has 1 aromatic carbocycles. The summed E-state index contributed by atoms with van der Waals surface area (Å²) in [5.74, 6) is 1.30. The van der Waals surface area contributed by atoms with Gasteiger partial charge in [-0.2, -0.15) is 0 Å². The fraction of sp³-hybridized carbons (Fsp3) is 0.500. The first-order valence-corrected chi connectivity index (χ1v) is 8.03. The average Bonchev–Trinajstić information content (AvgIpc) is 2.54. The summed E-state index contributed by atoms with van der Waals surface area (Å²) >= 11 is 0. The normalized spacial score (nSPS) is 31.7. The van der Waals surface area contributed by atoms with Gasteiger partial charge in [0.25, 0.3) is 0 Å². The second-order valence-electron chi connectivity index (χ2n) is 6.65. The van der Waals surface area contributed by atoms with Gasteiger partial charge in [-0.05, 0) is 43.0 Å². The summed E-state index contributed by atoms with van der Waals surface area (Å²) in [6, 6.07) is 4.10. The maximum absolute atomic E-state index is 12.3. The van der Waals surface area contributed by atoms with E-state index in [1.807, 2.05) is 18.2 Å². The molecular formula is C18H21NO4. The number of hydrogen-bond acceptors (Lipinski definition) is 5. The molecule has 0 amide bonds. The number of hydrogen-bond donors (Lipinski definition) is 2. The molecule has 5 nitrogen and oxygen atoms in total. The minimum absolute atomic E-state index is 0.0488. The molecule has 3 unspecified atom stereocenters. The summed E-state index contributed by atoms with van der Waals surface area (Å²) in [6.45, 7) is 0.860. The molecule has 2 bridgehead atoms. The molecule has 0 saturated carbocycles. The summed E-state index contributed by atoms with van der Waals surface area (Å²) in [6.07, 6.45) is 4.06. The molecule has 5 heteroatoms. The number of aromatic hydroxyl groups is 1. The van der Waals surface area contributed by atoms with E-state index >= 15 is 0 Å². The van der Waals surface area contributed by atoms with Gasteiger partial charge in [-0.15, -0.1) is 0 Å². The number of carbonyl (C=O) groups is 1. The van der Waals surface area contributed by atoms with E-state index in [4.69, 9.17) is 9.47 Å². The highest BCUT2D eigenvalue weighted by atomic mass is 16.5. The Morgan fingerprint density at radius 2 is 2.09 bits per heavy atom. The molecule has 0 radical (unpaired) electrons. The second kappa shape index (κ2) is 4.99. The number of Topliss-reactive ketones (excluding diaryl/α,β-unsaturated/α-hetero) is 1. The van der Waals surface area contributed by atoms with E-state index in [0.29, 0.717) is 17.9 Å². The van der Waals surface area contributed by atoms with Crippen molar-refractivity contribution in [1.82, 2.24) is 5.32 Å². The van der Waals surface area contributed by atoms with Gasteiger partial charge in [0.2, 0.25) is 0 Å². The number of phenolic OH excluding ortho intramolecular Hbond substituents is 1. The van der Waals surface area contributed by atoms with Gasteiger partial charge >= 0.3 is 0 Å². The fourth-order valence-electron chi connectivity index (χ4n) is 4.74. The molecule has 0 aromatic heterocycles. The lowest BCUT2D eigenvalue weighted by atomic mass is 9.54. The van der Waals surface area contributed by atoms with E-state index in [9.17, 15) is 9.90 Å². The lowest BCUT2D eigenvalue weighted by Gasteiger charge is -2.53. The highest BCUT2D eigenvalue weighted by Crippen LogP contribution is 2.55. The molecule has 0 spiro atoms. The molecule has 1 saturated heterocycles. The second-order valence-corrected chi connectivity index (χ2v) is 6.65. The Morgan fingerprint density at radius 1 is 1.26 bits per heavy atom. The smallest absolute Gasteiger partial charge is 0.197 e. The Morgan fingerprint density at radius 3 is 2.83 bits per heavy atom. The Kier molecular flexibility index (Phi) is 3.17. The lowest BCUT2D eigenvalue weighted by Crippen LogP contribution is -2.59. The van der Waals surface area contributed by atoms with Crippen molar-refractivity contribution in [2.45, 2.75) is 30.7 Å². The van der Waals surface area contributed by atoms with E-state index in [1.165, 1.54) is 7.11 Å². The van der Waals surface area contributed by atoms with Crippen molar-refractivity contribution < 1.29 is 19.4 Å². The Bertz CT molecular complexity index is 711. The molecule has 1 fully saturated rings. The topological polar surface area (TPSA) is 67.8 Å². The van der Waals surface area contributed by atoms with Crippen LogP contribution in [0, 0.1) is 5.92 Å². The van der Waals surface area contributed by atoms with Crippen molar-refractivity contribution in [3.63, 3.8) is 0 Å². The standard InChI is InChI=1S/C18H21NO4/c1-22-14-4-3-10-7-12-11-8-13(20)15(23-2)9-18(11,5-6-19-12)16(10)17(14)21/h3-4,9,11-12,19,21H,5-8H2,1-2H3. The van der Waals surface area contributed by atoms with E-state index in [1.54, 1.807) is 7.11 Å². The molecule has 3 aliphatic rings. The number of piperidine rings is 1. The van der Waals surface area contributed by atoms with E-state index in [2.05, 4.69) is 5.32 Å². The van der Waals surface area contributed by atoms with Gasteiger partial charge in [0, 0.05) is 23.4 Å². The first-order chi connectivity index (χ1) is 11.1. The molecule has 23 heavy (non-hydrogen) atoms. The predicted octanol–water partition coefficient (Wildman–Crippen LogP) is 1.68. The molecule has 4 rings (SSSR count). The zero-order valence-electron chi connectivity index (χ0n) is 13.4. The average molecular weight is 315 g/mol. The Hall–Kier alpha value is -2.01. The van der Waals surface area contributed by atoms with Crippen molar-refractivity contribution >= 4 is 5.78 Å². The van der Waals surface area contributed by atoms with E-state index in [-0.39, 0.29) is 28.9 Å². The SMILES string of the molecule is COC1=CC23CCNC(Cc4ccc(OC)c(O)c42)C3CC1=O. The maximum Gasteiger partial charge on any atom is 0.197 e. The highest BCUT2D eigenvalue weighted by Gasteiger charge is 2.54. The molecule has 2 N–H and O–H groups in total. The van der Waals surface area contributed by atoms with Crippen molar-refractivity contribution in [1.29, 1.82) is 0 Å². The number of carbonyl (C=O) groups excluding carboxylic acids is 1. The molecule has 1 aromatic rings. The van der Waals surface area contributed by atoms with Gasteiger partial charge in [-0.25, -0.2) is 0 Å². The minimum Gasteiger partial charge on any atom is -0.504 e. The van der Waals surface area contributed by atoms with Gasteiger partial charge < -0.3 is 19.9 Å². The van der Waals surface area contributed by atoms with E-state index < -0.39 is 0 Å². The zero-order chi connectivity index (χ0) is 16.2. The number of phenols is 1. The fourth-order valence-corrected chi connectivity index (χ4v) is 4.74. The Labute approximate surface area is 135 Å². The van der Waals surface area contributed by atoms with Crippen molar-refractivity contribution in [3.8, 4) is 11.5 Å². The largest absolute Gasteiger partial charge is 0.504 e. The number of fused-ring (bicyclic) bond motifs is 1. The number of allylic oxidation sites excluding steroid dienone is 2. The summed E-state index contributed by atoms with van der Waals surface area (Å²) in [7, 11) is 3.10. The van der Waals surface area contributed by atoms with Gasteiger partial charge in [-0.1, -0.05) is 6.07 Å². The summed E-state index contributed by atoms with van der Waals surface area (Å²) < 4.78 is 10.6. The quantitative estimate of drug-likeness (QED) is 0.869. The van der Waals surface area contributed by atoms with Crippen LogP contribution in [0.5, 0.6) is 11.5 Å². The third kappa shape index (κ3) is 1.86. The van der Waals surface area contributed by atoms with Crippen LogP contribution in [-0.2, 0) is 21.4 Å². The Balaban J connectivity index is 2.00. The number of nitrogens with one attached hydrogen (secondary N) is 1. The molecule has 1 heterocycles. The highest BCUT2D eigenvalue weighted by molar-refractivity contribution is 5.95. The minimum atomic E-state index is -0.360. The van der Waals surface area contributed by atoms with Crippen LogP contribution in [0.1, 0.15) is 24.0 Å². The number of ether oxygens (including phenoxy) is 2. The molecule has 3 atom stereocenters. The lowest BCUT2D eigenvalue weighted by molar-refractivity contribution is -0.121. The molecular weight excluding hydrogens is 294 g/mol. The first kappa shape index (κ1) is 14.6. The molecule has 1 aliphatic heterocycles. The van der Waals surface area contributed by atoms with Crippen LogP contribution < -0.4 is 10.1 Å². The maximum atomic E-state index is 12.3. The molecule has 122 valence electrons. The predicted molar refractivity (Wildman–Crippen MR) is 84.7 cm³/mol. The van der Waals surface area contributed by atoms with Crippen LogP contribution >= 0.6 is 0 Å². The van der Waals surface area contributed by atoms with E-state index in [0.717, 1.165) is 30.5 Å². The van der Waals surface area contributed by atoms with Crippen molar-refractivity contribution in [2.75, 3.05) is 20.8 Å². The summed E-state index contributed by atoms with van der Waals surface area (Å²) in [4.78, 5) is 12.3. The van der Waals surface area contributed by atoms with Gasteiger partial charge in [0.15, 0.2) is 23.0 Å². The van der Waals surface area contributed by atoms with Crippen LogP contribution in [0.25, 0.3) is 0 Å². The van der Waals surface area contributed by atoms with Crippen molar-refractivity contribution in [3.05, 3.63) is 35.1 Å². The number of methoxy groups -OCH3 is 2. The monoisotopic (exact) mass is 315 g/mol. The van der Waals surface area contributed by atoms with Gasteiger partial charge in [0.05, 0.1) is 14.2 Å². The van der Waals surface area contributed by atoms with Gasteiger partial charge in [0.1, 0.15) is 0 Å². The zero-order valence-corrected chi connectivity index (χ0v) is 13.4. The van der Waals surface area contributed by atoms with Crippen LogP contribution in [-0.4, -0.2) is 37.7 Å². The van der Waals surface area contributed by atoms with Crippen LogP contribution in [0.15, 0.2) is 24.0 Å². The van der Waals surface area contributed by atoms with Crippen LogP contribution in [0.4, 0.5) is 0 Å². The third-order valence-electron chi connectivity index (χ3n) is 5.73. The van der Waals surface area contributed by atoms with Crippen molar-refractivity contribution in [2.24, 2.45) is 5.92 Å². The first-order valence-electron chi connectivity index (χ1n) is 8.03. The van der Waals surface area contributed by atoms with Crippen LogP contribution in [0.3, 0.4) is 0 Å². The molecule has 2 aliphatic carbocycles. The van der Waals surface area contributed by atoms with Gasteiger partial charge in [-0.3, -0.25) is 4.79 Å². The third-order valence-corrected chi connectivity index (χ3v) is 5.73. The summed E-state index contributed by atoms with van der Waals surface area (Å²) in [5.41, 5.74) is 1.68. The summed E-state index contributed by atoms with van der Waals surface area (Å²) in [5, 5.41) is 14.4. The van der Waals surface area contributed by atoms with Crippen LogP contribution in [0.2, 0.25) is 0 Å². The number of rotatable bonds is 2.